The van der Waals surface area contributed by atoms with Crippen LogP contribution in [0.3, 0.4) is 0 Å². The Hall–Kier alpha value is -2.77. The van der Waals surface area contributed by atoms with E-state index in [-0.39, 0.29) is 30.3 Å². The summed E-state index contributed by atoms with van der Waals surface area (Å²) in [6.07, 6.45) is 0.283. The predicted octanol–water partition coefficient (Wildman–Crippen LogP) is 0.674. The molecule has 0 aliphatic carbocycles. The molecule has 0 aromatic heterocycles. The molecule has 140 valence electrons. The Morgan fingerprint density at radius 1 is 1.08 bits per heavy atom. The molecular formula is C18H24N4O4. The van der Waals surface area contributed by atoms with Gasteiger partial charge < -0.3 is 24.8 Å². The lowest BCUT2D eigenvalue weighted by molar-refractivity contribution is -0.130. The summed E-state index contributed by atoms with van der Waals surface area (Å²) < 4.78 is 5.13. The molecule has 2 heterocycles. The molecule has 1 aromatic carbocycles. The standard InChI is InChI=1S/C18H24N4O4/c1-13(23)20-7-9-21(10-8-20)18(25)19-14-11-17(24)22(12-14)15-3-5-16(26-2)6-4-15/h3-6,14H,7-12H2,1-2H3,(H,19,25)/t14-/m1/s1. The molecule has 1 atom stereocenters. The van der Waals surface area contributed by atoms with Crippen LogP contribution in [-0.2, 0) is 9.59 Å². The SMILES string of the molecule is COc1ccc(N2C[C@H](NC(=O)N3CCN(C(C)=O)CC3)CC2=O)cc1. The Balaban J connectivity index is 1.54. The zero-order valence-corrected chi connectivity index (χ0v) is 15.1. The summed E-state index contributed by atoms with van der Waals surface area (Å²) in [6, 6.07) is 6.89. The van der Waals surface area contributed by atoms with E-state index in [1.165, 1.54) is 6.92 Å². The third-order valence-electron chi connectivity index (χ3n) is 4.85. The van der Waals surface area contributed by atoms with Crippen molar-refractivity contribution < 1.29 is 19.1 Å². The van der Waals surface area contributed by atoms with Gasteiger partial charge in [-0.25, -0.2) is 4.79 Å². The van der Waals surface area contributed by atoms with Crippen LogP contribution in [0.15, 0.2) is 24.3 Å². The van der Waals surface area contributed by atoms with Gasteiger partial charge in [0.05, 0.1) is 13.2 Å². The summed E-state index contributed by atoms with van der Waals surface area (Å²) in [6.45, 7) is 4.09. The lowest BCUT2D eigenvalue weighted by Gasteiger charge is -2.34. The molecule has 2 fully saturated rings. The average molecular weight is 360 g/mol. The molecule has 1 N–H and O–H groups in total. The molecule has 8 nitrogen and oxygen atoms in total. The number of amides is 4. The van der Waals surface area contributed by atoms with Crippen molar-refractivity contribution in [1.29, 1.82) is 0 Å². The first kappa shape index (κ1) is 18.0. The molecule has 0 spiro atoms. The first-order valence-electron chi connectivity index (χ1n) is 8.73. The summed E-state index contributed by atoms with van der Waals surface area (Å²) in [5, 5.41) is 2.94. The van der Waals surface area contributed by atoms with Crippen LogP contribution < -0.4 is 15.0 Å². The maximum atomic E-state index is 12.4. The minimum Gasteiger partial charge on any atom is -0.497 e. The lowest BCUT2D eigenvalue weighted by Crippen LogP contribution is -2.54. The Kier molecular flexibility index (Phi) is 5.29. The minimum absolute atomic E-state index is 0.0122. The van der Waals surface area contributed by atoms with E-state index in [0.717, 1.165) is 11.4 Å². The number of urea groups is 1. The van der Waals surface area contributed by atoms with E-state index in [4.69, 9.17) is 4.74 Å². The average Bonchev–Trinajstić information content (AvgIpc) is 3.02. The number of methoxy groups -OCH3 is 1. The van der Waals surface area contributed by atoms with Crippen LogP contribution in [0.2, 0.25) is 0 Å². The third kappa shape index (κ3) is 3.89. The number of nitrogens with one attached hydrogen (secondary N) is 1. The summed E-state index contributed by atoms with van der Waals surface area (Å²) in [7, 11) is 1.60. The number of ether oxygens (including phenoxy) is 1. The highest BCUT2D eigenvalue weighted by molar-refractivity contribution is 5.96. The summed E-state index contributed by atoms with van der Waals surface area (Å²) in [5.74, 6) is 0.749. The van der Waals surface area contributed by atoms with Crippen LogP contribution in [0.25, 0.3) is 0 Å². The van der Waals surface area contributed by atoms with E-state index in [2.05, 4.69) is 5.32 Å². The Bertz CT molecular complexity index is 683. The molecule has 2 aliphatic heterocycles. The van der Waals surface area contributed by atoms with Gasteiger partial charge in [0.1, 0.15) is 5.75 Å². The number of rotatable bonds is 3. The van der Waals surface area contributed by atoms with Crippen LogP contribution in [0, 0.1) is 0 Å². The van der Waals surface area contributed by atoms with E-state index >= 15 is 0 Å². The van der Waals surface area contributed by atoms with Crippen molar-refractivity contribution in [2.24, 2.45) is 0 Å². The minimum atomic E-state index is -0.220. The van der Waals surface area contributed by atoms with Crippen LogP contribution in [0.1, 0.15) is 13.3 Å². The number of carbonyl (C=O) groups excluding carboxylic acids is 3. The van der Waals surface area contributed by atoms with E-state index in [1.807, 2.05) is 24.3 Å². The lowest BCUT2D eigenvalue weighted by atomic mass is 10.2. The van der Waals surface area contributed by atoms with Crippen molar-refractivity contribution in [3.63, 3.8) is 0 Å². The van der Waals surface area contributed by atoms with E-state index < -0.39 is 0 Å². The van der Waals surface area contributed by atoms with Gasteiger partial charge in [-0.1, -0.05) is 0 Å². The fourth-order valence-corrected chi connectivity index (χ4v) is 3.31. The van der Waals surface area contributed by atoms with Gasteiger partial charge in [-0.15, -0.1) is 0 Å². The van der Waals surface area contributed by atoms with Crippen molar-refractivity contribution >= 4 is 23.5 Å². The zero-order valence-electron chi connectivity index (χ0n) is 15.1. The Labute approximate surface area is 152 Å². The molecule has 3 rings (SSSR count). The monoisotopic (exact) mass is 360 g/mol. The van der Waals surface area contributed by atoms with Crippen molar-refractivity contribution in [2.45, 2.75) is 19.4 Å². The van der Waals surface area contributed by atoms with Crippen molar-refractivity contribution in [3.05, 3.63) is 24.3 Å². The second kappa shape index (κ2) is 7.63. The number of carbonyl (C=O) groups is 3. The number of hydrogen-bond acceptors (Lipinski definition) is 4. The van der Waals surface area contributed by atoms with Crippen LogP contribution >= 0.6 is 0 Å². The smallest absolute Gasteiger partial charge is 0.317 e. The van der Waals surface area contributed by atoms with Gasteiger partial charge in [0, 0.05) is 51.8 Å². The van der Waals surface area contributed by atoms with Gasteiger partial charge in [0.25, 0.3) is 0 Å². The first-order chi connectivity index (χ1) is 12.5. The topological polar surface area (TPSA) is 82.2 Å². The molecule has 0 saturated carbocycles. The Morgan fingerprint density at radius 2 is 1.69 bits per heavy atom. The highest BCUT2D eigenvalue weighted by Gasteiger charge is 2.33. The van der Waals surface area contributed by atoms with Crippen molar-refractivity contribution in [1.82, 2.24) is 15.1 Å². The normalized spacial score (nSPS) is 20.3. The molecule has 2 aliphatic rings. The quantitative estimate of drug-likeness (QED) is 0.859. The number of nitrogens with zero attached hydrogens (tertiary/aromatic N) is 3. The molecule has 0 radical (unpaired) electrons. The van der Waals surface area contributed by atoms with Gasteiger partial charge in [-0.05, 0) is 24.3 Å². The molecule has 4 amide bonds. The van der Waals surface area contributed by atoms with Crippen LogP contribution in [0.5, 0.6) is 5.75 Å². The summed E-state index contributed by atoms with van der Waals surface area (Å²) in [4.78, 5) is 41.2. The van der Waals surface area contributed by atoms with Gasteiger partial charge >= 0.3 is 6.03 Å². The second-order valence-corrected chi connectivity index (χ2v) is 6.55. The van der Waals surface area contributed by atoms with Gasteiger partial charge in [0.2, 0.25) is 11.8 Å². The molecule has 1 aromatic rings. The van der Waals surface area contributed by atoms with E-state index in [9.17, 15) is 14.4 Å². The fraction of sp³-hybridized carbons (Fsp3) is 0.500. The molecule has 0 bridgehead atoms. The Morgan fingerprint density at radius 3 is 2.27 bits per heavy atom. The molecular weight excluding hydrogens is 336 g/mol. The van der Waals surface area contributed by atoms with Gasteiger partial charge in [0.15, 0.2) is 0 Å². The highest BCUT2D eigenvalue weighted by Crippen LogP contribution is 2.24. The molecule has 0 unspecified atom stereocenters. The molecule has 2 saturated heterocycles. The van der Waals surface area contributed by atoms with Crippen LogP contribution in [0.4, 0.5) is 10.5 Å². The number of anilines is 1. The largest absolute Gasteiger partial charge is 0.497 e. The number of piperazine rings is 1. The van der Waals surface area contributed by atoms with Gasteiger partial charge in [-0.3, -0.25) is 9.59 Å². The summed E-state index contributed by atoms with van der Waals surface area (Å²) in [5.41, 5.74) is 0.794. The number of hydrogen-bond donors (Lipinski definition) is 1. The van der Waals surface area contributed by atoms with Gasteiger partial charge in [-0.2, -0.15) is 0 Å². The van der Waals surface area contributed by atoms with Crippen molar-refractivity contribution in [2.75, 3.05) is 44.7 Å². The maximum Gasteiger partial charge on any atom is 0.317 e. The fourth-order valence-electron chi connectivity index (χ4n) is 3.31. The third-order valence-corrected chi connectivity index (χ3v) is 4.85. The summed E-state index contributed by atoms with van der Waals surface area (Å²) >= 11 is 0. The first-order valence-corrected chi connectivity index (χ1v) is 8.73. The van der Waals surface area contributed by atoms with Crippen molar-refractivity contribution in [3.8, 4) is 5.75 Å². The highest BCUT2D eigenvalue weighted by atomic mass is 16.5. The number of benzene rings is 1. The molecule has 8 heteroatoms. The second-order valence-electron chi connectivity index (χ2n) is 6.55. The molecule has 26 heavy (non-hydrogen) atoms. The van der Waals surface area contributed by atoms with E-state index in [0.29, 0.717) is 32.7 Å². The zero-order chi connectivity index (χ0) is 18.7. The maximum absolute atomic E-state index is 12.4. The van der Waals surface area contributed by atoms with E-state index in [1.54, 1.807) is 21.8 Å². The van der Waals surface area contributed by atoms with Crippen LogP contribution in [-0.4, -0.2) is 73.5 Å². The predicted molar refractivity (Wildman–Crippen MR) is 96.1 cm³/mol.